The molecule has 64 valence electrons. The summed E-state index contributed by atoms with van der Waals surface area (Å²) in [5, 5.41) is 15.6. The van der Waals surface area contributed by atoms with E-state index in [1.807, 2.05) is 0 Å². The second kappa shape index (κ2) is 3.72. The second-order valence-electron chi connectivity index (χ2n) is 2.16. The monoisotopic (exact) mass is 168 g/mol. The Bertz CT molecular complexity index is 264. The van der Waals surface area contributed by atoms with Crippen molar-refractivity contribution in [2.45, 2.75) is 5.92 Å². The van der Waals surface area contributed by atoms with E-state index in [0.717, 1.165) is 0 Å². The molecule has 1 atom stereocenters. The first-order valence-electron chi connectivity index (χ1n) is 3.31. The van der Waals surface area contributed by atoms with Crippen molar-refractivity contribution >= 4 is 5.97 Å². The number of hydrogen-bond acceptors (Lipinski definition) is 5. The third-order valence-electron chi connectivity index (χ3n) is 1.41. The van der Waals surface area contributed by atoms with Crippen LogP contribution in [0.1, 0.15) is 11.6 Å². The average Bonchev–Trinajstić information content (AvgIpc) is 2.07. The molecule has 0 spiro atoms. The highest BCUT2D eigenvalue weighted by Gasteiger charge is 2.19. The standard InChI is InChI=1S/C6H8N4O2/c7-1-4(6(11)12)5-2-9-10-3-8-5/h2-4H,1,7H2,(H,11,12). The van der Waals surface area contributed by atoms with Crippen molar-refractivity contribution in [1.29, 1.82) is 0 Å². The number of carboxylic acids is 1. The van der Waals surface area contributed by atoms with Crippen LogP contribution in [0, 0.1) is 0 Å². The second-order valence-corrected chi connectivity index (χ2v) is 2.16. The SMILES string of the molecule is NCC(C(=O)O)c1cnncn1. The van der Waals surface area contributed by atoms with Crippen molar-refractivity contribution < 1.29 is 9.90 Å². The van der Waals surface area contributed by atoms with Crippen molar-refractivity contribution in [2.24, 2.45) is 5.73 Å². The summed E-state index contributed by atoms with van der Waals surface area (Å²) in [6.45, 7) is 0.00796. The molecule has 0 aliphatic rings. The van der Waals surface area contributed by atoms with Gasteiger partial charge in [0.1, 0.15) is 12.2 Å². The molecule has 12 heavy (non-hydrogen) atoms. The van der Waals surface area contributed by atoms with Crippen LogP contribution < -0.4 is 5.73 Å². The summed E-state index contributed by atoms with van der Waals surface area (Å²) in [6.07, 6.45) is 2.49. The minimum absolute atomic E-state index is 0.00796. The van der Waals surface area contributed by atoms with Gasteiger partial charge in [0.25, 0.3) is 0 Å². The highest BCUT2D eigenvalue weighted by atomic mass is 16.4. The molecule has 0 fully saturated rings. The van der Waals surface area contributed by atoms with E-state index < -0.39 is 11.9 Å². The van der Waals surface area contributed by atoms with Crippen LogP contribution in [0.15, 0.2) is 12.5 Å². The van der Waals surface area contributed by atoms with Gasteiger partial charge in [-0.3, -0.25) is 4.79 Å². The van der Waals surface area contributed by atoms with E-state index in [1.165, 1.54) is 12.5 Å². The lowest BCUT2D eigenvalue weighted by molar-refractivity contribution is -0.138. The van der Waals surface area contributed by atoms with Gasteiger partial charge in [-0.1, -0.05) is 0 Å². The smallest absolute Gasteiger partial charge is 0.313 e. The number of carbonyl (C=O) groups is 1. The number of nitrogens with two attached hydrogens (primary N) is 1. The Hall–Kier alpha value is -1.56. The van der Waals surface area contributed by atoms with E-state index in [4.69, 9.17) is 10.8 Å². The Morgan fingerprint density at radius 1 is 1.67 bits per heavy atom. The van der Waals surface area contributed by atoms with Gasteiger partial charge in [0.2, 0.25) is 0 Å². The Morgan fingerprint density at radius 2 is 2.42 bits per heavy atom. The van der Waals surface area contributed by atoms with Gasteiger partial charge in [0.05, 0.1) is 11.9 Å². The van der Waals surface area contributed by atoms with Crippen molar-refractivity contribution in [2.75, 3.05) is 6.54 Å². The molecule has 0 aliphatic carbocycles. The molecule has 0 aliphatic heterocycles. The highest BCUT2D eigenvalue weighted by Crippen LogP contribution is 2.08. The number of hydrogen-bond donors (Lipinski definition) is 2. The summed E-state index contributed by atoms with van der Waals surface area (Å²) >= 11 is 0. The molecule has 1 aromatic rings. The number of aliphatic carboxylic acids is 1. The largest absolute Gasteiger partial charge is 0.481 e. The molecule has 0 radical (unpaired) electrons. The Kier molecular flexibility index (Phi) is 2.65. The zero-order chi connectivity index (χ0) is 8.97. The summed E-state index contributed by atoms with van der Waals surface area (Å²) in [5.74, 6) is -1.79. The van der Waals surface area contributed by atoms with Gasteiger partial charge in [-0.15, -0.1) is 5.10 Å². The normalized spacial score (nSPS) is 12.4. The molecule has 1 unspecified atom stereocenters. The Labute approximate surface area is 68.4 Å². The molecule has 3 N–H and O–H groups in total. The Balaban J connectivity index is 2.88. The van der Waals surface area contributed by atoms with Gasteiger partial charge in [-0.2, -0.15) is 5.10 Å². The van der Waals surface area contributed by atoms with E-state index in [9.17, 15) is 4.79 Å². The van der Waals surface area contributed by atoms with Crippen LogP contribution in [0.5, 0.6) is 0 Å². The van der Waals surface area contributed by atoms with Crippen LogP contribution in [0.3, 0.4) is 0 Å². The maximum absolute atomic E-state index is 10.6. The van der Waals surface area contributed by atoms with Gasteiger partial charge >= 0.3 is 5.97 Å². The van der Waals surface area contributed by atoms with E-state index in [0.29, 0.717) is 5.69 Å². The zero-order valence-corrected chi connectivity index (χ0v) is 6.21. The van der Waals surface area contributed by atoms with Gasteiger partial charge in [-0.05, 0) is 0 Å². The summed E-state index contributed by atoms with van der Waals surface area (Å²) < 4.78 is 0. The maximum atomic E-state index is 10.6. The zero-order valence-electron chi connectivity index (χ0n) is 6.21. The number of rotatable bonds is 3. The fraction of sp³-hybridized carbons (Fsp3) is 0.333. The van der Waals surface area contributed by atoms with Crippen LogP contribution >= 0.6 is 0 Å². The minimum Gasteiger partial charge on any atom is -0.481 e. The molecule has 1 heterocycles. The van der Waals surface area contributed by atoms with Crippen LogP contribution in [-0.4, -0.2) is 32.8 Å². The fourth-order valence-corrected chi connectivity index (χ4v) is 0.776. The lowest BCUT2D eigenvalue weighted by Crippen LogP contribution is -2.22. The van der Waals surface area contributed by atoms with Gasteiger partial charge in [-0.25, -0.2) is 4.98 Å². The third-order valence-corrected chi connectivity index (χ3v) is 1.41. The first-order valence-corrected chi connectivity index (χ1v) is 3.31. The first-order chi connectivity index (χ1) is 5.75. The summed E-state index contributed by atoms with van der Waals surface area (Å²) in [6, 6.07) is 0. The summed E-state index contributed by atoms with van der Waals surface area (Å²) in [7, 11) is 0. The van der Waals surface area contributed by atoms with Crippen LogP contribution in [0.4, 0.5) is 0 Å². The molecular formula is C6H8N4O2. The average molecular weight is 168 g/mol. The number of nitrogens with zero attached hydrogens (tertiary/aromatic N) is 3. The molecule has 0 aromatic carbocycles. The molecule has 0 saturated heterocycles. The Morgan fingerprint density at radius 3 is 2.83 bits per heavy atom. The van der Waals surface area contributed by atoms with Crippen molar-refractivity contribution in [1.82, 2.24) is 15.2 Å². The van der Waals surface area contributed by atoms with E-state index >= 15 is 0 Å². The molecule has 0 bridgehead atoms. The molecule has 1 aromatic heterocycles. The topological polar surface area (TPSA) is 102 Å². The van der Waals surface area contributed by atoms with Crippen molar-refractivity contribution in [3.8, 4) is 0 Å². The van der Waals surface area contributed by atoms with Gasteiger partial charge in [0, 0.05) is 6.54 Å². The molecule has 0 amide bonds. The van der Waals surface area contributed by atoms with Crippen molar-refractivity contribution in [3.63, 3.8) is 0 Å². The molecular weight excluding hydrogens is 160 g/mol. The predicted octanol–water partition coefficient (Wildman–Crippen LogP) is -1.00. The summed E-state index contributed by atoms with van der Waals surface area (Å²) in [4.78, 5) is 14.3. The van der Waals surface area contributed by atoms with Crippen LogP contribution in [-0.2, 0) is 4.79 Å². The van der Waals surface area contributed by atoms with Gasteiger partial charge in [0.15, 0.2) is 0 Å². The first kappa shape index (κ1) is 8.54. The lowest BCUT2D eigenvalue weighted by atomic mass is 10.1. The molecule has 6 nitrogen and oxygen atoms in total. The predicted molar refractivity (Wildman–Crippen MR) is 39.3 cm³/mol. The molecule has 1 rings (SSSR count). The maximum Gasteiger partial charge on any atom is 0.313 e. The lowest BCUT2D eigenvalue weighted by Gasteiger charge is -2.06. The number of aromatic nitrogens is 3. The third kappa shape index (κ3) is 1.73. The van der Waals surface area contributed by atoms with E-state index in [2.05, 4.69) is 15.2 Å². The quantitative estimate of drug-likeness (QED) is 0.600. The highest BCUT2D eigenvalue weighted by molar-refractivity contribution is 5.75. The summed E-state index contributed by atoms with van der Waals surface area (Å²) in [5.41, 5.74) is 5.57. The van der Waals surface area contributed by atoms with Crippen LogP contribution in [0.25, 0.3) is 0 Å². The van der Waals surface area contributed by atoms with Crippen LogP contribution in [0.2, 0.25) is 0 Å². The van der Waals surface area contributed by atoms with E-state index in [-0.39, 0.29) is 6.54 Å². The minimum atomic E-state index is -1.00. The van der Waals surface area contributed by atoms with Crippen molar-refractivity contribution in [3.05, 3.63) is 18.2 Å². The molecule has 6 heteroatoms. The van der Waals surface area contributed by atoms with Gasteiger partial charge < -0.3 is 10.8 Å². The van der Waals surface area contributed by atoms with E-state index in [1.54, 1.807) is 0 Å². The number of carboxylic acid groups (broad SMARTS) is 1. The molecule has 0 saturated carbocycles. The fourth-order valence-electron chi connectivity index (χ4n) is 0.776.